The Morgan fingerprint density at radius 2 is 1.55 bits per heavy atom. The molecular formula is C45H54FN5O4. The van der Waals surface area contributed by atoms with Crippen LogP contribution in [0.15, 0.2) is 54.6 Å². The number of aryl methyl sites for hydroxylation is 1. The van der Waals surface area contributed by atoms with Gasteiger partial charge in [0.1, 0.15) is 17.6 Å². The lowest BCUT2D eigenvalue weighted by molar-refractivity contribution is -0.136. The van der Waals surface area contributed by atoms with E-state index in [1.807, 2.05) is 36.4 Å². The molecule has 55 heavy (non-hydrogen) atoms. The maximum Gasteiger partial charge on any atom is 0.255 e. The number of carbonyl (C=O) groups excluding carboxylic acids is 3. The first-order valence-corrected chi connectivity index (χ1v) is 20.9. The minimum absolute atomic E-state index is 0.111. The number of aromatic hydroxyl groups is 1. The summed E-state index contributed by atoms with van der Waals surface area (Å²) >= 11 is 0. The van der Waals surface area contributed by atoms with Gasteiger partial charge in [-0.3, -0.25) is 24.6 Å². The minimum atomic E-state index is -0.600. The Balaban J connectivity index is 0.787. The fraction of sp³-hybridized carbons (Fsp3) is 0.533. The summed E-state index contributed by atoms with van der Waals surface area (Å²) in [5.41, 5.74) is 6.99. The van der Waals surface area contributed by atoms with E-state index in [0.717, 1.165) is 94.0 Å². The average Bonchev–Trinajstić information content (AvgIpc) is 3.53. The van der Waals surface area contributed by atoms with Crippen LogP contribution in [0.1, 0.15) is 103 Å². The predicted molar refractivity (Wildman–Crippen MR) is 211 cm³/mol. The summed E-state index contributed by atoms with van der Waals surface area (Å²) in [6.45, 7) is 6.94. The maximum atomic E-state index is 16.1. The van der Waals surface area contributed by atoms with Crippen LogP contribution < -0.4 is 15.1 Å². The molecule has 0 spiro atoms. The number of amides is 3. The molecule has 3 saturated heterocycles. The molecule has 2 aliphatic carbocycles. The summed E-state index contributed by atoms with van der Waals surface area (Å²) in [5, 5.41) is 12.6. The van der Waals surface area contributed by atoms with Gasteiger partial charge in [0.25, 0.3) is 5.91 Å². The Bertz CT molecular complexity index is 1950. The second-order valence-corrected chi connectivity index (χ2v) is 17.1. The predicted octanol–water partition coefficient (Wildman–Crippen LogP) is 6.61. The van der Waals surface area contributed by atoms with Crippen molar-refractivity contribution in [3.63, 3.8) is 0 Å². The van der Waals surface area contributed by atoms with Crippen LogP contribution in [0, 0.1) is 23.6 Å². The number of nitrogens with one attached hydrogen (secondary N) is 1. The second kappa shape index (κ2) is 15.2. The number of imide groups is 1. The third kappa shape index (κ3) is 7.23. The molecule has 1 saturated carbocycles. The average molecular weight is 748 g/mol. The summed E-state index contributed by atoms with van der Waals surface area (Å²) in [7, 11) is 0. The smallest absolute Gasteiger partial charge is 0.255 e. The molecule has 4 heterocycles. The van der Waals surface area contributed by atoms with Crippen LogP contribution in [0.3, 0.4) is 0 Å². The highest BCUT2D eigenvalue weighted by Crippen LogP contribution is 2.49. The molecule has 4 aliphatic heterocycles. The first-order valence-electron chi connectivity index (χ1n) is 20.9. The molecule has 0 unspecified atom stereocenters. The summed E-state index contributed by atoms with van der Waals surface area (Å²) in [4.78, 5) is 46.1. The number of rotatable bonds is 7. The minimum Gasteiger partial charge on any atom is -0.508 e. The Hall–Kier alpha value is -4.44. The first kappa shape index (κ1) is 36.2. The number of anilines is 2. The number of piperazine rings is 1. The molecular weight excluding hydrogens is 694 g/mol. The molecule has 290 valence electrons. The third-order valence-electron chi connectivity index (χ3n) is 13.9. The van der Waals surface area contributed by atoms with Gasteiger partial charge in [-0.2, -0.15) is 0 Å². The van der Waals surface area contributed by atoms with Crippen molar-refractivity contribution in [2.75, 3.05) is 55.6 Å². The van der Waals surface area contributed by atoms with Gasteiger partial charge in [0, 0.05) is 75.9 Å². The van der Waals surface area contributed by atoms with Crippen molar-refractivity contribution in [2.45, 2.75) is 89.1 Å². The Morgan fingerprint density at radius 1 is 0.745 bits per heavy atom. The number of benzene rings is 3. The van der Waals surface area contributed by atoms with E-state index in [1.54, 1.807) is 4.90 Å². The zero-order valence-corrected chi connectivity index (χ0v) is 31.9. The number of fused-ring (bicyclic) bond motifs is 2. The molecule has 9 nitrogen and oxygen atoms in total. The second-order valence-electron chi connectivity index (χ2n) is 17.1. The van der Waals surface area contributed by atoms with Crippen LogP contribution in [0.2, 0.25) is 0 Å². The lowest BCUT2D eigenvalue weighted by Gasteiger charge is -2.41. The van der Waals surface area contributed by atoms with Gasteiger partial charge in [-0.25, -0.2) is 4.39 Å². The topological polar surface area (TPSA) is 96.4 Å². The van der Waals surface area contributed by atoms with Gasteiger partial charge < -0.3 is 19.8 Å². The number of halogens is 1. The Morgan fingerprint density at radius 3 is 2.31 bits per heavy atom. The van der Waals surface area contributed by atoms with Crippen LogP contribution >= 0.6 is 0 Å². The van der Waals surface area contributed by atoms with Crippen LogP contribution in [0.4, 0.5) is 15.8 Å². The van der Waals surface area contributed by atoms with E-state index < -0.39 is 6.04 Å². The molecule has 0 aromatic heterocycles. The number of phenols is 1. The summed E-state index contributed by atoms with van der Waals surface area (Å²) < 4.78 is 16.1. The van der Waals surface area contributed by atoms with Crippen molar-refractivity contribution >= 4 is 29.1 Å². The van der Waals surface area contributed by atoms with E-state index in [4.69, 9.17) is 0 Å². The maximum absolute atomic E-state index is 16.1. The molecule has 3 aromatic carbocycles. The summed E-state index contributed by atoms with van der Waals surface area (Å²) in [6.07, 6.45) is 11.3. The highest BCUT2D eigenvalue weighted by Gasteiger charge is 2.40. The Kier molecular flexibility index (Phi) is 10.0. The van der Waals surface area contributed by atoms with E-state index in [-0.39, 0.29) is 35.9 Å². The van der Waals surface area contributed by atoms with Crippen molar-refractivity contribution in [3.05, 3.63) is 88.2 Å². The molecule has 0 radical (unpaired) electrons. The van der Waals surface area contributed by atoms with E-state index >= 15 is 4.39 Å². The van der Waals surface area contributed by atoms with Gasteiger partial charge in [-0.15, -0.1) is 0 Å². The summed E-state index contributed by atoms with van der Waals surface area (Å²) in [5.74, 6) is 1.36. The fourth-order valence-electron chi connectivity index (χ4n) is 11.0. The normalized spacial score (nSPS) is 25.6. The van der Waals surface area contributed by atoms with Crippen molar-refractivity contribution < 1.29 is 23.9 Å². The third-order valence-corrected chi connectivity index (χ3v) is 13.9. The molecule has 3 aromatic rings. The standard InChI is InChI=1S/C45H54FN5O4/c46-39-26-32(43-36(30-4-2-1-3-5-30)10-6-31-25-35(52)9-12-37(31)43)7-13-40(39)50-18-16-29(17-19-50)27-48-20-22-49(23-21-48)34-8-11-38-33(24-34)28-51(45(38)55)41-14-15-42(53)47-44(41)54/h7-9,11-13,24-26,29-30,36,41,43,52H,1-6,10,14-23,27-28H2,(H,47,53,54)/t36-,41+,43+/m0/s1. The molecule has 4 fully saturated rings. The Labute approximate surface area is 323 Å². The highest BCUT2D eigenvalue weighted by molar-refractivity contribution is 6.05. The van der Waals surface area contributed by atoms with Crippen molar-refractivity contribution in [1.82, 2.24) is 15.1 Å². The largest absolute Gasteiger partial charge is 0.508 e. The fourth-order valence-corrected chi connectivity index (χ4v) is 11.0. The van der Waals surface area contributed by atoms with E-state index in [1.165, 1.54) is 43.2 Å². The van der Waals surface area contributed by atoms with E-state index in [9.17, 15) is 19.5 Å². The van der Waals surface area contributed by atoms with Gasteiger partial charge in [-0.1, -0.05) is 44.2 Å². The number of nitrogens with zero attached hydrogens (tertiary/aromatic N) is 4. The molecule has 9 rings (SSSR count). The quantitative estimate of drug-likeness (QED) is 0.263. The molecule has 2 N–H and O–H groups in total. The van der Waals surface area contributed by atoms with E-state index in [2.05, 4.69) is 38.2 Å². The van der Waals surface area contributed by atoms with Crippen LogP contribution in [0.25, 0.3) is 0 Å². The molecule has 3 atom stereocenters. The van der Waals surface area contributed by atoms with E-state index in [0.29, 0.717) is 42.0 Å². The molecule has 3 amide bonds. The van der Waals surface area contributed by atoms with Crippen LogP contribution in [0.5, 0.6) is 5.75 Å². The molecule has 10 heteroatoms. The van der Waals surface area contributed by atoms with Gasteiger partial charge >= 0.3 is 0 Å². The zero-order valence-electron chi connectivity index (χ0n) is 31.9. The molecule has 6 aliphatic rings. The van der Waals surface area contributed by atoms with Crippen molar-refractivity contribution in [3.8, 4) is 5.75 Å². The van der Waals surface area contributed by atoms with Crippen molar-refractivity contribution in [2.24, 2.45) is 17.8 Å². The van der Waals surface area contributed by atoms with Crippen molar-refractivity contribution in [1.29, 1.82) is 0 Å². The number of piperidine rings is 2. The van der Waals surface area contributed by atoms with Gasteiger partial charge in [0.05, 0.1) is 5.69 Å². The highest BCUT2D eigenvalue weighted by atomic mass is 19.1. The number of hydrogen-bond acceptors (Lipinski definition) is 7. The first-order chi connectivity index (χ1) is 26.8. The SMILES string of the molecule is O=C1CC[C@@H](N2Cc3cc(N4CCN(CC5CCN(c6ccc([C@H]7c8ccc(O)cc8CC[C@H]7C7CCCCC7)cc6F)CC5)CC4)ccc3C2=O)C(=O)N1. The number of carbonyl (C=O) groups is 3. The lowest BCUT2D eigenvalue weighted by Crippen LogP contribution is -2.52. The number of hydrogen-bond donors (Lipinski definition) is 2. The summed E-state index contributed by atoms with van der Waals surface area (Å²) in [6, 6.07) is 17.3. The van der Waals surface area contributed by atoms with Gasteiger partial charge in [-0.05, 0) is 115 Å². The van der Waals surface area contributed by atoms with Crippen LogP contribution in [-0.2, 0) is 22.6 Å². The lowest BCUT2D eigenvalue weighted by atomic mass is 9.64. The molecule has 0 bridgehead atoms. The van der Waals surface area contributed by atoms with Gasteiger partial charge in [0.15, 0.2) is 0 Å². The van der Waals surface area contributed by atoms with Gasteiger partial charge in [0.2, 0.25) is 11.8 Å². The van der Waals surface area contributed by atoms with Crippen LogP contribution in [-0.4, -0.2) is 84.5 Å². The monoisotopic (exact) mass is 747 g/mol. The zero-order chi connectivity index (χ0) is 37.6. The number of phenolic OH excluding ortho intramolecular Hbond substituents is 1.